The Morgan fingerprint density at radius 1 is 1.48 bits per heavy atom. The van der Waals surface area contributed by atoms with Crippen molar-refractivity contribution in [3.05, 3.63) is 21.8 Å². The third-order valence-electron chi connectivity index (χ3n) is 3.58. The van der Waals surface area contributed by atoms with Crippen LogP contribution in [0.15, 0.2) is 21.4 Å². The summed E-state index contributed by atoms with van der Waals surface area (Å²) < 4.78 is 2.35. The van der Waals surface area contributed by atoms with Gasteiger partial charge in [0.1, 0.15) is 4.70 Å². The van der Waals surface area contributed by atoms with Crippen LogP contribution in [-0.4, -0.2) is 27.3 Å². The summed E-state index contributed by atoms with van der Waals surface area (Å²) in [5.41, 5.74) is 0.722. The van der Waals surface area contributed by atoms with Gasteiger partial charge in [-0.15, -0.1) is 11.3 Å². The number of carbonyl (C=O) groups is 1. The number of amides is 1. The lowest BCUT2D eigenvalue weighted by Gasteiger charge is -2.15. The Balaban J connectivity index is 1.99. The Morgan fingerprint density at radius 3 is 3.14 bits per heavy atom. The summed E-state index contributed by atoms with van der Waals surface area (Å²) in [6.07, 6.45) is 2.87. The van der Waals surface area contributed by atoms with Crippen LogP contribution in [0.25, 0.3) is 10.2 Å². The molecule has 1 amide bonds. The third-order valence-corrected chi connectivity index (χ3v) is 5.73. The van der Waals surface area contributed by atoms with E-state index in [0.29, 0.717) is 16.4 Å². The Hall–Kier alpha value is -1.34. The summed E-state index contributed by atoms with van der Waals surface area (Å²) in [6.45, 7) is 3.24. The SMILES string of the molecule is CCn1c(S[C@H]2CCCCNC2=O)nc2ccsc2c1=O. The molecular weight excluding hydrogens is 306 g/mol. The van der Waals surface area contributed by atoms with E-state index in [9.17, 15) is 9.59 Å². The average molecular weight is 323 g/mol. The summed E-state index contributed by atoms with van der Waals surface area (Å²) in [6, 6.07) is 1.86. The van der Waals surface area contributed by atoms with E-state index in [0.717, 1.165) is 31.3 Å². The van der Waals surface area contributed by atoms with Crippen LogP contribution in [0.3, 0.4) is 0 Å². The van der Waals surface area contributed by atoms with Crippen molar-refractivity contribution in [1.29, 1.82) is 0 Å². The number of fused-ring (bicyclic) bond motifs is 1. The minimum absolute atomic E-state index is 0.00553. The Labute approximate surface area is 130 Å². The molecule has 0 unspecified atom stereocenters. The van der Waals surface area contributed by atoms with E-state index in [1.807, 2.05) is 18.4 Å². The summed E-state index contributed by atoms with van der Waals surface area (Å²) in [5, 5.41) is 5.30. The van der Waals surface area contributed by atoms with Gasteiger partial charge in [-0.25, -0.2) is 4.98 Å². The average Bonchev–Trinajstić information content (AvgIpc) is 2.85. The molecule has 2 aromatic heterocycles. The molecule has 0 spiro atoms. The number of nitrogens with one attached hydrogen (secondary N) is 1. The van der Waals surface area contributed by atoms with E-state index >= 15 is 0 Å². The largest absolute Gasteiger partial charge is 0.355 e. The number of hydrogen-bond donors (Lipinski definition) is 1. The predicted octanol–water partition coefficient (Wildman–Crippen LogP) is 2.24. The highest BCUT2D eigenvalue weighted by Gasteiger charge is 2.24. The maximum atomic E-state index is 12.5. The van der Waals surface area contributed by atoms with Crippen LogP contribution in [0.5, 0.6) is 0 Å². The first-order valence-electron chi connectivity index (χ1n) is 7.13. The van der Waals surface area contributed by atoms with Crippen LogP contribution in [0.4, 0.5) is 0 Å². The highest BCUT2D eigenvalue weighted by atomic mass is 32.2. The van der Waals surface area contributed by atoms with Crippen molar-refractivity contribution in [1.82, 2.24) is 14.9 Å². The van der Waals surface area contributed by atoms with Gasteiger partial charge >= 0.3 is 0 Å². The normalized spacial score (nSPS) is 19.5. The second-order valence-electron chi connectivity index (χ2n) is 4.97. The first-order chi connectivity index (χ1) is 10.2. The van der Waals surface area contributed by atoms with Crippen molar-refractivity contribution < 1.29 is 4.79 Å². The first kappa shape index (κ1) is 14.6. The molecule has 21 heavy (non-hydrogen) atoms. The minimum atomic E-state index is -0.159. The molecule has 2 aromatic rings. The molecule has 0 aliphatic carbocycles. The van der Waals surface area contributed by atoms with Gasteiger partial charge in [0.05, 0.1) is 10.8 Å². The standard InChI is InChI=1S/C14H17N3O2S2/c1-2-17-13(19)11-9(6-8-20-11)16-14(17)21-10-5-3-4-7-15-12(10)18/h6,8,10H,2-5,7H2,1H3,(H,15,18)/t10-/m0/s1. The van der Waals surface area contributed by atoms with Crippen molar-refractivity contribution in [3.8, 4) is 0 Å². The summed E-state index contributed by atoms with van der Waals surface area (Å²) in [4.78, 5) is 29.1. The van der Waals surface area contributed by atoms with E-state index < -0.39 is 0 Å². The molecule has 1 N–H and O–H groups in total. The molecule has 0 saturated carbocycles. The minimum Gasteiger partial charge on any atom is -0.355 e. The van der Waals surface area contributed by atoms with Gasteiger partial charge in [0.15, 0.2) is 5.16 Å². The van der Waals surface area contributed by atoms with Crippen LogP contribution in [0.1, 0.15) is 26.2 Å². The molecule has 1 atom stereocenters. The third kappa shape index (κ3) is 2.85. The number of aromatic nitrogens is 2. The van der Waals surface area contributed by atoms with Gasteiger partial charge < -0.3 is 5.32 Å². The van der Waals surface area contributed by atoms with Crippen LogP contribution >= 0.6 is 23.1 Å². The molecule has 7 heteroatoms. The lowest BCUT2D eigenvalue weighted by Crippen LogP contribution is -2.31. The molecular formula is C14H17N3O2S2. The lowest BCUT2D eigenvalue weighted by molar-refractivity contribution is -0.120. The zero-order chi connectivity index (χ0) is 14.8. The van der Waals surface area contributed by atoms with E-state index in [-0.39, 0.29) is 16.7 Å². The quantitative estimate of drug-likeness (QED) is 0.880. The van der Waals surface area contributed by atoms with E-state index in [1.165, 1.54) is 23.1 Å². The lowest BCUT2D eigenvalue weighted by atomic mass is 10.2. The van der Waals surface area contributed by atoms with Gasteiger partial charge in [0, 0.05) is 13.1 Å². The molecule has 1 fully saturated rings. The molecule has 1 aliphatic rings. The summed E-state index contributed by atoms with van der Waals surface area (Å²) in [7, 11) is 0. The number of thioether (sulfide) groups is 1. The van der Waals surface area contributed by atoms with Crippen LogP contribution < -0.4 is 10.9 Å². The maximum Gasteiger partial charge on any atom is 0.272 e. The van der Waals surface area contributed by atoms with Gasteiger partial charge in [-0.05, 0) is 31.2 Å². The highest BCUT2D eigenvalue weighted by Crippen LogP contribution is 2.28. The fraction of sp³-hybridized carbons (Fsp3) is 0.500. The van der Waals surface area contributed by atoms with Gasteiger partial charge in [-0.2, -0.15) is 0 Å². The first-order valence-corrected chi connectivity index (χ1v) is 8.89. The number of nitrogens with zero attached hydrogens (tertiary/aromatic N) is 2. The van der Waals surface area contributed by atoms with Gasteiger partial charge in [-0.3, -0.25) is 14.2 Å². The molecule has 3 rings (SSSR count). The van der Waals surface area contributed by atoms with Gasteiger partial charge in [0.25, 0.3) is 5.56 Å². The highest BCUT2D eigenvalue weighted by molar-refractivity contribution is 8.00. The van der Waals surface area contributed by atoms with E-state index in [4.69, 9.17) is 0 Å². The predicted molar refractivity (Wildman–Crippen MR) is 86.1 cm³/mol. The fourth-order valence-electron chi connectivity index (χ4n) is 2.44. The number of carbonyl (C=O) groups excluding carboxylic acids is 1. The molecule has 1 aliphatic heterocycles. The van der Waals surface area contributed by atoms with Crippen molar-refractivity contribution in [2.24, 2.45) is 0 Å². The molecule has 3 heterocycles. The zero-order valence-corrected chi connectivity index (χ0v) is 13.4. The van der Waals surface area contributed by atoms with Crippen LogP contribution in [0, 0.1) is 0 Å². The van der Waals surface area contributed by atoms with Crippen molar-refractivity contribution in [2.45, 2.75) is 43.1 Å². The molecule has 112 valence electrons. The molecule has 5 nitrogen and oxygen atoms in total. The summed E-state index contributed by atoms with van der Waals surface area (Å²) >= 11 is 2.83. The van der Waals surface area contributed by atoms with Crippen LogP contribution in [-0.2, 0) is 11.3 Å². The molecule has 0 aromatic carbocycles. The number of hydrogen-bond acceptors (Lipinski definition) is 5. The summed E-state index contributed by atoms with van der Waals surface area (Å²) in [5.74, 6) is 0.0554. The monoisotopic (exact) mass is 323 g/mol. The Bertz CT molecular complexity index is 723. The van der Waals surface area contributed by atoms with Gasteiger partial charge in [-0.1, -0.05) is 18.2 Å². The van der Waals surface area contributed by atoms with Crippen LogP contribution in [0.2, 0.25) is 0 Å². The molecule has 0 radical (unpaired) electrons. The maximum absolute atomic E-state index is 12.5. The van der Waals surface area contributed by atoms with E-state index in [1.54, 1.807) is 4.57 Å². The van der Waals surface area contributed by atoms with Crippen molar-refractivity contribution in [3.63, 3.8) is 0 Å². The molecule has 1 saturated heterocycles. The number of rotatable bonds is 3. The van der Waals surface area contributed by atoms with Crippen molar-refractivity contribution >= 4 is 39.2 Å². The smallest absolute Gasteiger partial charge is 0.272 e. The second-order valence-corrected chi connectivity index (χ2v) is 7.06. The fourth-order valence-corrected chi connectivity index (χ4v) is 4.44. The Morgan fingerprint density at radius 2 is 2.33 bits per heavy atom. The zero-order valence-electron chi connectivity index (χ0n) is 11.8. The Kier molecular flexibility index (Phi) is 4.30. The van der Waals surface area contributed by atoms with E-state index in [2.05, 4.69) is 10.3 Å². The van der Waals surface area contributed by atoms with Crippen molar-refractivity contribution in [2.75, 3.05) is 6.54 Å². The molecule has 0 bridgehead atoms. The van der Waals surface area contributed by atoms with Gasteiger partial charge in [0.2, 0.25) is 5.91 Å². The number of thiophene rings is 1. The second kappa shape index (κ2) is 6.19. The topological polar surface area (TPSA) is 64.0 Å².